The average Bonchev–Trinajstić information content (AvgIpc) is 2.37. The maximum Gasteiger partial charge on any atom is 0.229 e. The summed E-state index contributed by atoms with van der Waals surface area (Å²) in [4.78, 5) is 11.5. The van der Waals surface area contributed by atoms with Gasteiger partial charge in [-0.3, -0.25) is 4.79 Å². The van der Waals surface area contributed by atoms with Crippen LogP contribution in [-0.4, -0.2) is 36.5 Å². The second-order valence-electron chi connectivity index (χ2n) is 5.17. The lowest BCUT2D eigenvalue weighted by atomic mass is 9.83. The van der Waals surface area contributed by atoms with Crippen molar-refractivity contribution < 1.29 is 4.79 Å². The number of hydrogen-bond acceptors (Lipinski definition) is 3. The third kappa shape index (κ3) is 5.19. The van der Waals surface area contributed by atoms with E-state index in [2.05, 4.69) is 17.6 Å². The average molecular weight is 272 g/mol. The second-order valence-corrected chi connectivity index (χ2v) is 6.39. The molecule has 0 aliphatic heterocycles. The van der Waals surface area contributed by atoms with Crippen LogP contribution in [0.25, 0.3) is 0 Å². The maximum atomic E-state index is 11.5. The molecule has 0 aromatic rings. The molecule has 106 valence electrons. The van der Waals surface area contributed by atoms with Crippen LogP contribution in [0, 0.1) is 5.92 Å². The highest BCUT2D eigenvalue weighted by molar-refractivity contribution is 8.00. The van der Waals surface area contributed by atoms with Crippen LogP contribution in [0.4, 0.5) is 0 Å². The predicted octanol–water partition coefficient (Wildman–Crippen LogP) is 2.41. The van der Waals surface area contributed by atoms with Crippen molar-refractivity contribution in [3.63, 3.8) is 0 Å². The van der Waals surface area contributed by atoms with Crippen LogP contribution in [0.3, 0.4) is 0 Å². The standard InChI is InChI=1S/C14H28N2OS/c1-4-6-11-7-8-12(15-3)13(9-11)18-10-14(17)16-5-2/h11-13,15H,4-10H2,1-3H3,(H,16,17). The van der Waals surface area contributed by atoms with Crippen LogP contribution in [-0.2, 0) is 4.79 Å². The Morgan fingerprint density at radius 3 is 2.72 bits per heavy atom. The van der Waals surface area contributed by atoms with Crippen LogP contribution in [0.1, 0.15) is 46.0 Å². The van der Waals surface area contributed by atoms with Crippen molar-refractivity contribution in [2.75, 3.05) is 19.3 Å². The highest BCUT2D eigenvalue weighted by Gasteiger charge is 2.29. The monoisotopic (exact) mass is 272 g/mol. The molecule has 0 saturated heterocycles. The van der Waals surface area contributed by atoms with E-state index in [0.717, 1.165) is 12.5 Å². The van der Waals surface area contributed by atoms with Gasteiger partial charge in [-0.15, -0.1) is 11.8 Å². The van der Waals surface area contributed by atoms with Gasteiger partial charge < -0.3 is 10.6 Å². The number of carbonyl (C=O) groups excluding carboxylic acids is 1. The van der Waals surface area contributed by atoms with Gasteiger partial charge in [-0.25, -0.2) is 0 Å². The van der Waals surface area contributed by atoms with Crippen molar-refractivity contribution >= 4 is 17.7 Å². The molecular weight excluding hydrogens is 244 g/mol. The number of rotatable bonds is 7. The number of carbonyl (C=O) groups is 1. The number of thioether (sulfide) groups is 1. The van der Waals surface area contributed by atoms with Gasteiger partial charge in [0.05, 0.1) is 5.75 Å². The normalized spacial score (nSPS) is 28.1. The molecule has 3 atom stereocenters. The van der Waals surface area contributed by atoms with Crippen molar-refractivity contribution in [2.45, 2.75) is 57.2 Å². The van der Waals surface area contributed by atoms with E-state index in [1.54, 1.807) is 0 Å². The van der Waals surface area contributed by atoms with Crippen molar-refractivity contribution in [2.24, 2.45) is 5.92 Å². The quantitative estimate of drug-likeness (QED) is 0.748. The Hall–Kier alpha value is -0.220. The van der Waals surface area contributed by atoms with Gasteiger partial charge in [0.25, 0.3) is 0 Å². The summed E-state index contributed by atoms with van der Waals surface area (Å²) >= 11 is 1.83. The molecule has 0 bridgehead atoms. The Morgan fingerprint density at radius 2 is 2.11 bits per heavy atom. The van der Waals surface area contributed by atoms with Gasteiger partial charge in [0, 0.05) is 17.8 Å². The summed E-state index contributed by atoms with van der Waals surface area (Å²) in [6.07, 6.45) is 6.49. The molecule has 0 aromatic heterocycles. The summed E-state index contributed by atoms with van der Waals surface area (Å²) < 4.78 is 0. The molecule has 2 N–H and O–H groups in total. The molecule has 3 unspecified atom stereocenters. The minimum atomic E-state index is 0.176. The molecule has 1 aliphatic carbocycles. The van der Waals surface area contributed by atoms with Gasteiger partial charge in [0.2, 0.25) is 5.91 Å². The Kier molecular flexibility index (Phi) is 7.75. The molecule has 0 aromatic carbocycles. The molecule has 1 saturated carbocycles. The van der Waals surface area contributed by atoms with E-state index in [9.17, 15) is 4.79 Å². The third-order valence-electron chi connectivity index (χ3n) is 3.77. The third-order valence-corrected chi connectivity index (χ3v) is 5.15. The summed E-state index contributed by atoms with van der Waals surface area (Å²) in [5, 5.41) is 6.89. The Balaban J connectivity index is 2.39. The topological polar surface area (TPSA) is 41.1 Å². The largest absolute Gasteiger partial charge is 0.356 e. The smallest absolute Gasteiger partial charge is 0.229 e. The molecular formula is C14H28N2OS. The summed E-state index contributed by atoms with van der Waals surface area (Å²) in [5.74, 6) is 1.65. The van der Waals surface area contributed by atoms with Gasteiger partial charge in [0.1, 0.15) is 0 Å². The second kappa shape index (κ2) is 8.81. The number of hydrogen-bond donors (Lipinski definition) is 2. The summed E-state index contributed by atoms with van der Waals surface area (Å²) in [6, 6.07) is 0.581. The van der Waals surface area contributed by atoms with E-state index in [1.807, 2.05) is 25.7 Å². The number of nitrogens with one attached hydrogen (secondary N) is 2. The fraction of sp³-hybridized carbons (Fsp3) is 0.929. The Bertz CT molecular complexity index is 248. The van der Waals surface area contributed by atoms with E-state index >= 15 is 0 Å². The van der Waals surface area contributed by atoms with E-state index in [0.29, 0.717) is 17.0 Å². The van der Waals surface area contributed by atoms with Crippen molar-refractivity contribution in [1.29, 1.82) is 0 Å². The Labute approximate surface area is 116 Å². The van der Waals surface area contributed by atoms with Crippen LogP contribution >= 0.6 is 11.8 Å². The van der Waals surface area contributed by atoms with Crippen LogP contribution in [0.2, 0.25) is 0 Å². The first-order valence-electron chi connectivity index (χ1n) is 7.26. The molecule has 1 aliphatic rings. The predicted molar refractivity (Wildman–Crippen MR) is 80.0 cm³/mol. The molecule has 1 fully saturated rings. The first kappa shape index (κ1) is 15.8. The molecule has 18 heavy (non-hydrogen) atoms. The van der Waals surface area contributed by atoms with E-state index in [4.69, 9.17) is 0 Å². The van der Waals surface area contributed by atoms with E-state index < -0.39 is 0 Å². The van der Waals surface area contributed by atoms with Crippen molar-refractivity contribution in [1.82, 2.24) is 10.6 Å². The molecule has 1 amide bonds. The van der Waals surface area contributed by atoms with Gasteiger partial charge in [0.15, 0.2) is 0 Å². The van der Waals surface area contributed by atoms with E-state index in [1.165, 1.54) is 32.1 Å². The lowest BCUT2D eigenvalue weighted by Crippen LogP contribution is -2.41. The zero-order valence-electron chi connectivity index (χ0n) is 12.0. The van der Waals surface area contributed by atoms with Crippen LogP contribution in [0.15, 0.2) is 0 Å². The van der Waals surface area contributed by atoms with Gasteiger partial charge in [-0.05, 0) is 39.2 Å². The van der Waals surface area contributed by atoms with Crippen LogP contribution < -0.4 is 10.6 Å². The lowest BCUT2D eigenvalue weighted by Gasteiger charge is -2.35. The molecule has 0 heterocycles. The molecule has 1 rings (SSSR count). The molecule has 0 spiro atoms. The first-order chi connectivity index (χ1) is 8.71. The highest BCUT2D eigenvalue weighted by Crippen LogP contribution is 2.34. The minimum Gasteiger partial charge on any atom is -0.356 e. The van der Waals surface area contributed by atoms with Crippen molar-refractivity contribution in [3.05, 3.63) is 0 Å². The molecule has 3 nitrogen and oxygen atoms in total. The zero-order valence-corrected chi connectivity index (χ0v) is 12.8. The van der Waals surface area contributed by atoms with E-state index in [-0.39, 0.29) is 5.91 Å². The minimum absolute atomic E-state index is 0.176. The molecule has 0 radical (unpaired) electrons. The fourth-order valence-electron chi connectivity index (χ4n) is 2.83. The first-order valence-corrected chi connectivity index (χ1v) is 8.31. The maximum absolute atomic E-state index is 11.5. The fourth-order valence-corrected chi connectivity index (χ4v) is 4.21. The Morgan fingerprint density at radius 1 is 1.33 bits per heavy atom. The summed E-state index contributed by atoms with van der Waals surface area (Å²) in [5.41, 5.74) is 0. The SMILES string of the molecule is CCCC1CCC(NC)C(SCC(=O)NCC)C1. The van der Waals surface area contributed by atoms with Crippen LogP contribution in [0.5, 0.6) is 0 Å². The van der Waals surface area contributed by atoms with Crippen molar-refractivity contribution in [3.8, 4) is 0 Å². The number of amides is 1. The van der Waals surface area contributed by atoms with Gasteiger partial charge in [-0.1, -0.05) is 19.8 Å². The molecule has 4 heteroatoms. The lowest BCUT2D eigenvalue weighted by molar-refractivity contribution is -0.118. The van der Waals surface area contributed by atoms with Gasteiger partial charge >= 0.3 is 0 Å². The zero-order chi connectivity index (χ0) is 13.4. The summed E-state index contributed by atoms with van der Waals surface area (Å²) in [7, 11) is 2.05. The summed E-state index contributed by atoms with van der Waals surface area (Å²) in [6.45, 7) is 4.97. The van der Waals surface area contributed by atoms with Gasteiger partial charge in [-0.2, -0.15) is 0 Å². The highest BCUT2D eigenvalue weighted by atomic mass is 32.2.